The Bertz CT molecular complexity index is 406. The van der Waals surface area contributed by atoms with Crippen molar-refractivity contribution in [1.29, 1.82) is 0 Å². The Labute approximate surface area is 171 Å². The van der Waals surface area contributed by atoms with Crippen molar-refractivity contribution < 1.29 is 24.5 Å². The van der Waals surface area contributed by atoms with Crippen LogP contribution in [0.25, 0.3) is 0 Å². The molecule has 164 valence electrons. The minimum atomic E-state index is -1.63. The maximum absolute atomic E-state index is 11.4. The predicted octanol–water partition coefficient (Wildman–Crippen LogP) is 5.23. The van der Waals surface area contributed by atoms with Crippen LogP contribution in [0, 0.1) is 0 Å². The van der Waals surface area contributed by atoms with Crippen molar-refractivity contribution >= 4 is 11.9 Å². The van der Waals surface area contributed by atoms with Crippen LogP contribution in [0.1, 0.15) is 110 Å². The molecule has 0 saturated heterocycles. The molecule has 0 aliphatic heterocycles. The van der Waals surface area contributed by atoms with Gasteiger partial charge in [0, 0.05) is 6.42 Å². The van der Waals surface area contributed by atoms with Crippen molar-refractivity contribution in [3.05, 3.63) is 12.2 Å². The minimum absolute atomic E-state index is 0.169. The van der Waals surface area contributed by atoms with E-state index in [-0.39, 0.29) is 6.42 Å². The van der Waals surface area contributed by atoms with Gasteiger partial charge >= 0.3 is 11.9 Å². The summed E-state index contributed by atoms with van der Waals surface area (Å²) < 4.78 is 4.43. The first-order valence-electron chi connectivity index (χ1n) is 11.3. The van der Waals surface area contributed by atoms with Crippen LogP contribution < -0.4 is 0 Å². The molecule has 0 aromatic carbocycles. The van der Waals surface area contributed by atoms with E-state index in [1.54, 1.807) is 0 Å². The van der Waals surface area contributed by atoms with E-state index in [9.17, 15) is 9.59 Å². The average Bonchev–Trinajstić information content (AvgIpc) is 2.69. The van der Waals surface area contributed by atoms with Crippen LogP contribution in [-0.4, -0.2) is 34.9 Å². The number of hydrogen-bond acceptors (Lipinski definition) is 5. The molecule has 0 aromatic heterocycles. The molecule has 1 atom stereocenters. The minimum Gasteiger partial charge on any atom is -0.393 e. The second-order valence-corrected chi connectivity index (χ2v) is 7.53. The smallest absolute Gasteiger partial charge is 0.345 e. The molecule has 0 radical (unpaired) electrons. The maximum atomic E-state index is 11.4. The quantitative estimate of drug-likeness (QED) is 0.135. The fraction of sp³-hybridized carbons (Fsp3) is 0.826. The number of hydrogen-bond donors (Lipinski definition) is 2. The van der Waals surface area contributed by atoms with Gasteiger partial charge in [-0.3, -0.25) is 4.79 Å². The summed E-state index contributed by atoms with van der Waals surface area (Å²) in [5.41, 5.74) is 0. The number of unbranched alkanes of at least 4 members (excludes halogenated alkanes) is 13. The van der Waals surface area contributed by atoms with Gasteiger partial charge in [0.05, 0.1) is 6.61 Å². The van der Waals surface area contributed by atoms with Crippen molar-refractivity contribution in [3.8, 4) is 0 Å². The number of rotatable bonds is 19. The molecule has 0 saturated carbocycles. The van der Waals surface area contributed by atoms with E-state index < -0.39 is 24.6 Å². The van der Waals surface area contributed by atoms with Crippen molar-refractivity contribution in [1.82, 2.24) is 0 Å². The molecule has 0 fully saturated rings. The van der Waals surface area contributed by atoms with Gasteiger partial charge in [-0.15, -0.1) is 0 Å². The van der Waals surface area contributed by atoms with Gasteiger partial charge in [0.15, 0.2) is 6.10 Å². The highest BCUT2D eigenvalue weighted by atomic mass is 16.6. The standard InChI is InChI=1S/C23H42O5/c1-2-3-4-5-6-7-8-9-10-11-12-13-14-15-16-17-18-19-22(26)28-23(27)21(25)20-24/h11-12,21,24-25H,2-10,13-20H2,1H3/b12-11-. The average molecular weight is 399 g/mol. The number of aliphatic hydroxyl groups is 2. The van der Waals surface area contributed by atoms with Gasteiger partial charge in [-0.2, -0.15) is 0 Å². The number of allylic oxidation sites excluding steroid dienone is 2. The van der Waals surface area contributed by atoms with Crippen LogP contribution >= 0.6 is 0 Å². The summed E-state index contributed by atoms with van der Waals surface area (Å²) in [6.07, 6.45) is 21.3. The monoisotopic (exact) mass is 398 g/mol. The summed E-state index contributed by atoms with van der Waals surface area (Å²) in [5.74, 6) is -1.72. The highest BCUT2D eigenvalue weighted by molar-refractivity contribution is 5.87. The fourth-order valence-corrected chi connectivity index (χ4v) is 3.00. The fourth-order valence-electron chi connectivity index (χ4n) is 3.00. The van der Waals surface area contributed by atoms with Crippen molar-refractivity contribution in [3.63, 3.8) is 0 Å². The van der Waals surface area contributed by atoms with E-state index in [2.05, 4.69) is 23.8 Å². The number of esters is 2. The zero-order valence-corrected chi connectivity index (χ0v) is 17.9. The second kappa shape index (κ2) is 20.5. The number of ether oxygens (including phenoxy) is 1. The first-order chi connectivity index (χ1) is 13.6. The first-order valence-corrected chi connectivity index (χ1v) is 11.3. The number of carbonyl (C=O) groups is 2. The van der Waals surface area contributed by atoms with Gasteiger partial charge in [0.1, 0.15) is 0 Å². The van der Waals surface area contributed by atoms with E-state index in [1.165, 1.54) is 64.2 Å². The van der Waals surface area contributed by atoms with Gasteiger partial charge in [0.25, 0.3) is 0 Å². The number of aliphatic hydroxyl groups excluding tert-OH is 2. The third-order valence-electron chi connectivity index (χ3n) is 4.80. The molecule has 0 heterocycles. The Hall–Kier alpha value is -1.20. The van der Waals surface area contributed by atoms with Crippen LogP contribution in [-0.2, 0) is 14.3 Å². The van der Waals surface area contributed by atoms with Crippen molar-refractivity contribution in [2.45, 2.75) is 116 Å². The number of carbonyl (C=O) groups excluding carboxylic acids is 2. The predicted molar refractivity (Wildman–Crippen MR) is 113 cm³/mol. The normalized spacial score (nSPS) is 12.4. The zero-order valence-electron chi connectivity index (χ0n) is 17.9. The van der Waals surface area contributed by atoms with Crippen LogP contribution in [0.3, 0.4) is 0 Å². The maximum Gasteiger partial charge on any atom is 0.345 e. The Morgan fingerprint density at radius 1 is 0.786 bits per heavy atom. The Kier molecular flexibility index (Phi) is 19.7. The lowest BCUT2D eigenvalue weighted by Crippen LogP contribution is -2.28. The van der Waals surface area contributed by atoms with E-state index in [1.807, 2.05) is 0 Å². The highest BCUT2D eigenvalue weighted by Gasteiger charge is 2.18. The summed E-state index contributed by atoms with van der Waals surface area (Å²) >= 11 is 0. The SMILES string of the molecule is CCCCCCCCCC/C=C\CCCCCCCC(=O)OC(=O)C(O)CO. The van der Waals surface area contributed by atoms with Crippen LogP contribution in [0.4, 0.5) is 0 Å². The van der Waals surface area contributed by atoms with E-state index in [0.29, 0.717) is 6.42 Å². The third kappa shape index (κ3) is 18.2. The molecule has 1 unspecified atom stereocenters. The molecule has 0 aromatic rings. The van der Waals surface area contributed by atoms with Gasteiger partial charge in [-0.05, 0) is 32.1 Å². The lowest BCUT2D eigenvalue weighted by molar-refractivity contribution is -0.167. The molecule has 5 heteroatoms. The largest absolute Gasteiger partial charge is 0.393 e. The first kappa shape index (κ1) is 26.8. The summed E-state index contributed by atoms with van der Waals surface area (Å²) in [4.78, 5) is 22.5. The molecular weight excluding hydrogens is 356 g/mol. The molecule has 0 amide bonds. The molecule has 0 aliphatic rings. The molecule has 28 heavy (non-hydrogen) atoms. The van der Waals surface area contributed by atoms with Gasteiger partial charge < -0.3 is 14.9 Å². The summed E-state index contributed by atoms with van der Waals surface area (Å²) in [7, 11) is 0. The second-order valence-electron chi connectivity index (χ2n) is 7.53. The molecule has 0 bridgehead atoms. The van der Waals surface area contributed by atoms with Crippen LogP contribution in [0.2, 0.25) is 0 Å². The molecule has 0 spiro atoms. The van der Waals surface area contributed by atoms with Gasteiger partial charge in [0.2, 0.25) is 0 Å². The van der Waals surface area contributed by atoms with E-state index in [0.717, 1.165) is 25.7 Å². The molecule has 0 rings (SSSR count). The third-order valence-corrected chi connectivity index (χ3v) is 4.80. The molecular formula is C23H42O5. The van der Waals surface area contributed by atoms with Gasteiger partial charge in [-0.1, -0.05) is 83.3 Å². The summed E-state index contributed by atoms with van der Waals surface area (Å²) in [5, 5.41) is 17.6. The Balaban J connectivity index is 3.31. The molecule has 2 N–H and O–H groups in total. The zero-order chi connectivity index (χ0) is 20.9. The highest BCUT2D eigenvalue weighted by Crippen LogP contribution is 2.11. The topological polar surface area (TPSA) is 83.8 Å². The Morgan fingerprint density at radius 2 is 1.25 bits per heavy atom. The Morgan fingerprint density at radius 3 is 1.75 bits per heavy atom. The lowest BCUT2D eigenvalue weighted by atomic mass is 10.1. The van der Waals surface area contributed by atoms with E-state index >= 15 is 0 Å². The van der Waals surface area contributed by atoms with Gasteiger partial charge in [-0.25, -0.2) is 4.79 Å². The van der Waals surface area contributed by atoms with E-state index in [4.69, 9.17) is 10.2 Å². The summed E-state index contributed by atoms with van der Waals surface area (Å²) in [6, 6.07) is 0. The molecule has 5 nitrogen and oxygen atoms in total. The van der Waals surface area contributed by atoms with Crippen molar-refractivity contribution in [2.75, 3.05) is 6.61 Å². The molecule has 0 aliphatic carbocycles. The summed E-state index contributed by atoms with van der Waals surface area (Å²) in [6.45, 7) is 1.52. The van der Waals surface area contributed by atoms with Crippen LogP contribution in [0.15, 0.2) is 12.2 Å². The van der Waals surface area contributed by atoms with Crippen molar-refractivity contribution in [2.24, 2.45) is 0 Å². The van der Waals surface area contributed by atoms with Crippen LogP contribution in [0.5, 0.6) is 0 Å². The lowest BCUT2D eigenvalue weighted by Gasteiger charge is -2.06.